The summed E-state index contributed by atoms with van der Waals surface area (Å²) in [6.07, 6.45) is 1.06. The number of nitriles is 1. The molecule has 1 aromatic rings. The van der Waals surface area contributed by atoms with Gasteiger partial charge < -0.3 is 14.9 Å². The molecule has 2 saturated heterocycles. The standard InChI is InChI=1S/C19H22BrN3O4/c1-22-12-6-10(19(25)26)18(22)13-5-9-11(20)3-4-16(27-2)17(9)15(8-24)23(13)14(12)7-21/h3-4,10,12-15,18,24H,5-6,8H2,1-2H3,(H,25,26). The highest BCUT2D eigenvalue weighted by molar-refractivity contribution is 9.10. The zero-order valence-corrected chi connectivity index (χ0v) is 16.8. The Bertz CT molecular complexity index is 826. The van der Waals surface area contributed by atoms with Crippen LogP contribution in [0.5, 0.6) is 5.75 Å². The van der Waals surface area contributed by atoms with Crippen molar-refractivity contribution in [2.45, 2.75) is 43.1 Å². The van der Waals surface area contributed by atoms with Crippen molar-refractivity contribution in [3.8, 4) is 11.8 Å². The maximum Gasteiger partial charge on any atom is 0.308 e. The number of benzene rings is 1. The monoisotopic (exact) mass is 435 g/mol. The van der Waals surface area contributed by atoms with E-state index in [1.54, 1.807) is 7.11 Å². The summed E-state index contributed by atoms with van der Waals surface area (Å²) in [5, 5.41) is 30.0. The fourth-order valence-electron chi connectivity index (χ4n) is 5.51. The first kappa shape index (κ1) is 18.7. The second-order valence-corrected chi connectivity index (χ2v) is 8.39. The predicted molar refractivity (Wildman–Crippen MR) is 100 cm³/mol. The summed E-state index contributed by atoms with van der Waals surface area (Å²) in [6, 6.07) is 4.78. The maximum absolute atomic E-state index is 11.9. The molecule has 0 amide bonds. The first-order chi connectivity index (χ1) is 12.9. The molecule has 27 heavy (non-hydrogen) atoms. The van der Waals surface area contributed by atoms with E-state index in [4.69, 9.17) is 4.74 Å². The smallest absolute Gasteiger partial charge is 0.308 e. The molecule has 0 spiro atoms. The van der Waals surface area contributed by atoms with Crippen molar-refractivity contribution in [1.29, 1.82) is 5.26 Å². The molecule has 3 aliphatic heterocycles. The Hall–Kier alpha value is -1.66. The number of hydrogen-bond donors (Lipinski definition) is 2. The fraction of sp³-hybridized carbons (Fsp3) is 0.579. The summed E-state index contributed by atoms with van der Waals surface area (Å²) in [5.74, 6) is -0.650. The number of hydrogen-bond acceptors (Lipinski definition) is 6. The van der Waals surface area contributed by atoms with Gasteiger partial charge in [-0.25, -0.2) is 0 Å². The van der Waals surface area contributed by atoms with E-state index >= 15 is 0 Å². The van der Waals surface area contributed by atoms with Gasteiger partial charge in [-0.2, -0.15) is 5.26 Å². The van der Waals surface area contributed by atoms with Crippen molar-refractivity contribution in [3.05, 3.63) is 27.7 Å². The lowest BCUT2D eigenvalue weighted by Gasteiger charge is -2.54. The zero-order chi connectivity index (χ0) is 19.5. The van der Waals surface area contributed by atoms with Crippen LogP contribution in [-0.2, 0) is 11.2 Å². The summed E-state index contributed by atoms with van der Waals surface area (Å²) in [4.78, 5) is 16.0. The van der Waals surface area contributed by atoms with E-state index in [-0.39, 0.29) is 24.7 Å². The molecule has 1 aromatic carbocycles. The van der Waals surface area contributed by atoms with Crippen LogP contribution in [0.1, 0.15) is 23.6 Å². The number of halogens is 1. The van der Waals surface area contributed by atoms with Gasteiger partial charge in [-0.1, -0.05) is 15.9 Å². The molecule has 0 radical (unpaired) electrons. The Morgan fingerprint density at radius 1 is 1.44 bits per heavy atom. The van der Waals surface area contributed by atoms with E-state index < -0.39 is 24.0 Å². The largest absolute Gasteiger partial charge is 0.496 e. The first-order valence-corrected chi connectivity index (χ1v) is 9.81. The van der Waals surface area contributed by atoms with Gasteiger partial charge >= 0.3 is 5.97 Å². The third-order valence-corrected chi connectivity index (χ3v) is 7.32. The molecule has 2 bridgehead atoms. The van der Waals surface area contributed by atoms with Crippen molar-refractivity contribution in [3.63, 3.8) is 0 Å². The molecule has 8 heteroatoms. The summed E-state index contributed by atoms with van der Waals surface area (Å²) in [7, 11) is 3.52. The summed E-state index contributed by atoms with van der Waals surface area (Å²) < 4.78 is 6.47. The van der Waals surface area contributed by atoms with Gasteiger partial charge in [0.05, 0.1) is 31.7 Å². The van der Waals surface area contributed by atoms with E-state index in [9.17, 15) is 20.3 Å². The molecule has 0 aliphatic carbocycles. The molecule has 3 heterocycles. The van der Waals surface area contributed by atoms with Gasteiger partial charge in [0, 0.05) is 28.2 Å². The molecule has 3 aliphatic rings. The number of carboxylic acid groups (broad SMARTS) is 1. The molecule has 6 unspecified atom stereocenters. The Kier molecular flexibility index (Phi) is 4.67. The summed E-state index contributed by atoms with van der Waals surface area (Å²) in [6.45, 7) is -0.157. The Morgan fingerprint density at radius 2 is 2.19 bits per heavy atom. The highest BCUT2D eigenvalue weighted by Gasteiger charge is 2.59. The normalized spacial score (nSPS) is 35.2. The van der Waals surface area contributed by atoms with Crippen molar-refractivity contribution < 1.29 is 19.7 Å². The molecule has 7 nitrogen and oxygen atoms in total. The molecular formula is C19H22BrN3O4. The molecule has 0 aromatic heterocycles. The van der Waals surface area contributed by atoms with E-state index in [0.717, 1.165) is 15.6 Å². The van der Waals surface area contributed by atoms with Crippen molar-refractivity contribution in [2.75, 3.05) is 20.8 Å². The number of ether oxygens (including phenoxy) is 1. The summed E-state index contributed by atoms with van der Waals surface area (Å²) in [5.41, 5.74) is 1.91. The lowest BCUT2D eigenvalue weighted by atomic mass is 9.80. The Morgan fingerprint density at radius 3 is 2.78 bits per heavy atom. The lowest BCUT2D eigenvalue weighted by molar-refractivity contribution is -0.144. The number of aliphatic carboxylic acids is 1. The van der Waals surface area contributed by atoms with Crippen LogP contribution in [0.15, 0.2) is 16.6 Å². The van der Waals surface area contributed by atoms with Crippen LogP contribution in [0.4, 0.5) is 0 Å². The number of methoxy groups -OCH3 is 1. The third kappa shape index (κ3) is 2.53. The Labute approximate surface area is 166 Å². The minimum absolute atomic E-state index is 0.157. The third-order valence-electron chi connectivity index (χ3n) is 6.57. The van der Waals surface area contributed by atoms with Crippen molar-refractivity contribution in [1.82, 2.24) is 9.80 Å². The van der Waals surface area contributed by atoms with Crippen LogP contribution < -0.4 is 4.74 Å². The highest BCUT2D eigenvalue weighted by Crippen LogP contribution is 2.50. The van der Waals surface area contributed by atoms with Crippen LogP contribution in [-0.4, -0.2) is 70.9 Å². The number of aliphatic hydroxyl groups is 1. The van der Waals surface area contributed by atoms with Crippen molar-refractivity contribution in [2.24, 2.45) is 5.92 Å². The quantitative estimate of drug-likeness (QED) is 0.740. The predicted octanol–water partition coefficient (Wildman–Crippen LogP) is 1.40. The number of carboxylic acids is 1. The average Bonchev–Trinajstić information content (AvgIpc) is 2.91. The molecule has 144 valence electrons. The molecular weight excluding hydrogens is 414 g/mol. The van der Waals surface area contributed by atoms with E-state index in [2.05, 4.69) is 31.8 Å². The maximum atomic E-state index is 11.9. The minimum atomic E-state index is -0.816. The number of fused-ring (bicyclic) bond motifs is 5. The second kappa shape index (κ2) is 6.74. The first-order valence-electron chi connectivity index (χ1n) is 9.02. The highest BCUT2D eigenvalue weighted by atomic mass is 79.9. The van der Waals surface area contributed by atoms with Gasteiger partial charge in [0.1, 0.15) is 11.8 Å². The van der Waals surface area contributed by atoms with Gasteiger partial charge in [-0.3, -0.25) is 14.6 Å². The SMILES string of the molecule is COc1ccc(Br)c2c1C(CO)N1C(C#N)C3CC(C(=O)O)C(C1C2)N3C. The van der Waals surface area contributed by atoms with Crippen LogP contribution >= 0.6 is 15.9 Å². The number of rotatable bonds is 3. The van der Waals surface area contributed by atoms with E-state index in [1.165, 1.54) is 0 Å². The number of carbonyl (C=O) groups is 1. The van der Waals surface area contributed by atoms with Gasteiger partial charge in [0.2, 0.25) is 0 Å². The van der Waals surface area contributed by atoms with Gasteiger partial charge in [-0.05, 0) is 37.6 Å². The summed E-state index contributed by atoms with van der Waals surface area (Å²) >= 11 is 3.61. The molecule has 2 N–H and O–H groups in total. The Balaban J connectivity index is 1.90. The average molecular weight is 436 g/mol. The van der Waals surface area contributed by atoms with Gasteiger partial charge in [-0.15, -0.1) is 0 Å². The molecule has 2 fully saturated rings. The topological polar surface area (TPSA) is 97.0 Å². The number of likely N-dealkylation sites (N-methyl/N-ethyl adjacent to an activating group) is 1. The molecule has 4 rings (SSSR count). The molecule has 0 saturated carbocycles. The number of piperazine rings is 1. The second-order valence-electron chi connectivity index (χ2n) is 7.54. The number of aliphatic hydroxyl groups excluding tert-OH is 1. The van der Waals surface area contributed by atoms with E-state index in [1.807, 2.05) is 19.2 Å². The number of nitrogens with zero attached hydrogens (tertiary/aromatic N) is 3. The van der Waals surface area contributed by atoms with Crippen molar-refractivity contribution >= 4 is 21.9 Å². The fourth-order valence-corrected chi connectivity index (χ4v) is 6.01. The van der Waals surface area contributed by atoms with Gasteiger partial charge in [0.25, 0.3) is 0 Å². The van der Waals surface area contributed by atoms with Crippen LogP contribution in [0, 0.1) is 17.2 Å². The minimum Gasteiger partial charge on any atom is -0.496 e. The van der Waals surface area contributed by atoms with Crippen LogP contribution in [0.2, 0.25) is 0 Å². The van der Waals surface area contributed by atoms with Crippen LogP contribution in [0.25, 0.3) is 0 Å². The zero-order valence-electron chi connectivity index (χ0n) is 15.2. The van der Waals surface area contributed by atoms with E-state index in [0.29, 0.717) is 18.6 Å². The van der Waals surface area contributed by atoms with Gasteiger partial charge in [0.15, 0.2) is 0 Å². The molecule has 6 atom stereocenters. The van der Waals surface area contributed by atoms with Crippen LogP contribution in [0.3, 0.4) is 0 Å². The lowest BCUT2D eigenvalue weighted by Crippen LogP contribution is -2.67.